The van der Waals surface area contributed by atoms with E-state index in [1.807, 2.05) is 16.8 Å². The van der Waals surface area contributed by atoms with Crippen molar-refractivity contribution in [2.75, 3.05) is 26.7 Å². The molecule has 2 aliphatic heterocycles. The summed E-state index contributed by atoms with van der Waals surface area (Å²) in [6, 6.07) is 0.704. The van der Waals surface area contributed by atoms with Crippen LogP contribution < -0.4 is 5.32 Å². The molecule has 0 aromatic rings. The Bertz CT molecular complexity index is 381. The number of hydrogen-bond donors (Lipinski definition) is 1. The third-order valence-electron chi connectivity index (χ3n) is 4.81. The molecule has 2 atom stereocenters. The molecule has 3 fully saturated rings. The van der Waals surface area contributed by atoms with Gasteiger partial charge < -0.3 is 15.1 Å². The monoisotopic (exact) mass is 265 g/mol. The van der Waals surface area contributed by atoms with Crippen molar-refractivity contribution in [2.24, 2.45) is 5.92 Å². The summed E-state index contributed by atoms with van der Waals surface area (Å²) in [5, 5.41) is 3.39. The van der Waals surface area contributed by atoms with E-state index in [0.29, 0.717) is 18.4 Å². The minimum Gasteiger partial charge on any atom is -0.341 e. The van der Waals surface area contributed by atoms with E-state index in [1.165, 1.54) is 0 Å². The van der Waals surface area contributed by atoms with Crippen LogP contribution in [0.3, 0.4) is 0 Å². The zero-order chi connectivity index (χ0) is 13.4. The lowest BCUT2D eigenvalue weighted by atomic mass is 9.84. The molecule has 2 unspecified atom stereocenters. The molecule has 3 aliphatic rings. The Morgan fingerprint density at radius 3 is 2.89 bits per heavy atom. The Morgan fingerprint density at radius 2 is 2.16 bits per heavy atom. The lowest BCUT2D eigenvalue weighted by Gasteiger charge is -2.44. The molecule has 3 rings (SSSR count). The third kappa shape index (κ3) is 2.61. The fourth-order valence-electron chi connectivity index (χ4n) is 3.38. The molecule has 2 saturated heterocycles. The minimum atomic E-state index is 0.107. The Kier molecular flexibility index (Phi) is 3.48. The average Bonchev–Trinajstić information content (AvgIpc) is 3.25. The fourth-order valence-corrected chi connectivity index (χ4v) is 3.38. The second kappa shape index (κ2) is 5.12. The lowest BCUT2D eigenvalue weighted by molar-refractivity contribution is -0.147. The smallest absolute Gasteiger partial charge is 0.242 e. The molecule has 1 saturated carbocycles. The highest BCUT2D eigenvalue weighted by molar-refractivity contribution is 5.85. The zero-order valence-corrected chi connectivity index (χ0v) is 11.6. The van der Waals surface area contributed by atoms with Crippen LogP contribution in [-0.2, 0) is 9.59 Å². The van der Waals surface area contributed by atoms with E-state index in [9.17, 15) is 9.59 Å². The largest absolute Gasteiger partial charge is 0.341 e. The molecule has 0 bridgehead atoms. The van der Waals surface area contributed by atoms with Crippen molar-refractivity contribution in [3.63, 3.8) is 0 Å². The van der Waals surface area contributed by atoms with E-state index in [1.54, 1.807) is 0 Å². The molecule has 1 aliphatic carbocycles. The van der Waals surface area contributed by atoms with Gasteiger partial charge in [-0.2, -0.15) is 0 Å². The highest BCUT2D eigenvalue weighted by Crippen LogP contribution is 2.29. The molecule has 19 heavy (non-hydrogen) atoms. The van der Waals surface area contributed by atoms with Crippen LogP contribution in [0.5, 0.6) is 0 Å². The van der Waals surface area contributed by atoms with Gasteiger partial charge in [-0.1, -0.05) is 0 Å². The van der Waals surface area contributed by atoms with Gasteiger partial charge in [-0.05, 0) is 44.7 Å². The van der Waals surface area contributed by atoms with Gasteiger partial charge in [0, 0.05) is 25.6 Å². The normalized spacial score (nSPS) is 31.0. The predicted molar refractivity (Wildman–Crippen MR) is 71.5 cm³/mol. The summed E-state index contributed by atoms with van der Waals surface area (Å²) in [7, 11) is 1.87. The number of likely N-dealkylation sites (tertiary alicyclic amines) is 1. The SMILES string of the molecule is CN(C(=O)CN1C(=O)CCC2CNCCC21)C1CC1. The summed E-state index contributed by atoms with van der Waals surface area (Å²) in [5.74, 6) is 0.807. The standard InChI is InChI=1S/C14H23N3O2/c1-16(11-3-4-11)14(19)9-17-12-6-7-15-8-10(12)2-5-13(17)18/h10-12,15H,2-9H2,1H3. The molecule has 106 valence electrons. The van der Waals surface area contributed by atoms with Crippen LogP contribution in [0.1, 0.15) is 32.1 Å². The average molecular weight is 265 g/mol. The van der Waals surface area contributed by atoms with E-state index >= 15 is 0 Å². The van der Waals surface area contributed by atoms with Crippen LogP contribution in [0.25, 0.3) is 0 Å². The number of nitrogens with zero attached hydrogens (tertiary/aromatic N) is 2. The maximum Gasteiger partial charge on any atom is 0.242 e. The van der Waals surface area contributed by atoms with E-state index < -0.39 is 0 Å². The lowest BCUT2D eigenvalue weighted by Crippen LogP contribution is -2.57. The maximum absolute atomic E-state index is 12.2. The Labute approximate surface area is 114 Å². The van der Waals surface area contributed by atoms with E-state index in [0.717, 1.165) is 38.8 Å². The molecule has 2 heterocycles. The summed E-state index contributed by atoms with van der Waals surface area (Å²) >= 11 is 0. The number of piperidine rings is 2. The van der Waals surface area contributed by atoms with Gasteiger partial charge in [-0.15, -0.1) is 0 Å². The van der Waals surface area contributed by atoms with E-state index in [-0.39, 0.29) is 24.4 Å². The van der Waals surface area contributed by atoms with Gasteiger partial charge in [0.25, 0.3) is 0 Å². The topological polar surface area (TPSA) is 52.7 Å². The number of rotatable bonds is 3. The van der Waals surface area contributed by atoms with Crippen molar-refractivity contribution in [1.29, 1.82) is 0 Å². The Morgan fingerprint density at radius 1 is 1.37 bits per heavy atom. The van der Waals surface area contributed by atoms with Crippen molar-refractivity contribution < 1.29 is 9.59 Å². The summed E-state index contributed by atoms with van der Waals surface area (Å²) in [6.07, 6.45) is 4.79. The molecular weight excluding hydrogens is 242 g/mol. The minimum absolute atomic E-state index is 0.107. The van der Waals surface area contributed by atoms with Gasteiger partial charge >= 0.3 is 0 Å². The number of carbonyl (C=O) groups is 2. The number of amides is 2. The second-order valence-corrected chi connectivity index (χ2v) is 6.12. The van der Waals surface area contributed by atoms with Crippen LogP contribution in [0.15, 0.2) is 0 Å². The number of fused-ring (bicyclic) bond motifs is 1. The Hall–Kier alpha value is -1.10. The molecule has 0 spiro atoms. The van der Waals surface area contributed by atoms with Gasteiger partial charge in [-0.25, -0.2) is 0 Å². The summed E-state index contributed by atoms with van der Waals surface area (Å²) in [4.78, 5) is 28.0. The van der Waals surface area contributed by atoms with Crippen molar-refractivity contribution in [3.05, 3.63) is 0 Å². The predicted octanol–water partition coefficient (Wildman–Crippen LogP) is 0.208. The molecule has 2 amide bonds. The van der Waals surface area contributed by atoms with Crippen molar-refractivity contribution in [2.45, 2.75) is 44.2 Å². The van der Waals surface area contributed by atoms with Crippen molar-refractivity contribution in [3.8, 4) is 0 Å². The zero-order valence-electron chi connectivity index (χ0n) is 11.6. The molecule has 1 N–H and O–H groups in total. The van der Waals surface area contributed by atoms with Crippen LogP contribution >= 0.6 is 0 Å². The summed E-state index contributed by atoms with van der Waals surface area (Å²) < 4.78 is 0. The fraction of sp³-hybridized carbons (Fsp3) is 0.857. The number of nitrogens with one attached hydrogen (secondary N) is 1. The van der Waals surface area contributed by atoms with Crippen LogP contribution in [0.4, 0.5) is 0 Å². The molecule has 0 radical (unpaired) electrons. The number of likely N-dealkylation sites (N-methyl/N-ethyl adjacent to an activating group) is 1. The van der Waals surface area contributed by atoms with Gasteiger partial charge in [0.2, 0.25) is 11.8 Å². The highest BCUT2D eigenvalue weighted by Gasteiger charge is 2.39. The van der Waals surface area contributed by atoms with E-state index in [4.69, 9.17) is 0 Å². The van der Waals surface area contributed by atoms with Gasteiger partial charge in [0.05, 0.1) is 0 Å². The summed E-state index contributed by atoms with van der Waals surface area (Å²) in [5.41, 5.74) is 0. The van der Waals surface area contributed by atoms with Gasteiger partial charge in [-0.3, -0.25) is 9.59 Å². The number of carbonyl (C=O) groups excluding carboxylic acids is 2. The van der Waals surface area contributed by atoms with Gasteiger partial charge in [0.15, 0.2) is 0 Å². The third-order valence-corrected chi connectivity index (χ3v) is 4.81. The molecular formula is C14H23N3O2. The van der Waals surface area contributed by atoms with E-state index in [2.05, 4.69) is 5.32 Å². The Balaban J connectivity index is 1.66. The van der Waals surface area contributed by atoms with Crippen LogP contribution in [0.2, 0.25) is 0 Å². The molecule has 5 nitrogen and oxygen atoms in total. The first-order chi connectivity index (χ1) is 9.16. The van der Waals surface area contributed by atoms with Crippen LogP contribution in [0, 0.1) is 5.92 Å². The maximum atomic E-state index is 12.2. The van der Waals surface area contributed by atoms with Crippen molar-refractivity contribution >= 4 is 11.8 Å². The summed E-state index contributed by atoms with van der Waals surface area (Å²) in [6.45, 7) is 2.23. The molecule has 5 heteroatoms. The molecule has 0 aromatic heterocycles. The quantitative estimate of drug-likeness (QED) is 0.793. The first kappa shape index (κ1) is 12.9. The second-order valence-electron chi connectivity index (χ2n) is 6.12. The van der Waals surface area contributed by atoms with Crippen molar-refractivity contribution in [1.82, 2.24) is 15.1 Å². The first-order valence-corrected chi connectivity index (χ1v) is 7.42. The van der Waals surface area contributed by atoms with Crippen LogP contribution in [-0.4, -0.2) is 60.4 Å². The number of hydrogen-bond acceptors (Lipinski definition) is 3. The highest BCUT2D eigenvalue weighted by atomic mass is 16.2. The van der Waals surface area contributed by atoms with Gasteiger partial charge in [0.1, 0.15) is 6.54 Å². The molecule has 0 aromatic carbocycles. The first-order valence-electron chi connectivity index (χ1n) is 7.42.